The van der Waals surface area contributed by atoms with Crippen LogP contribution >= 0.6 is 15.8 Å². The van der Waals surface area contributed by atoms with Crippen LogP contribution in [0.15, 0.2) is 139 Å². The van der Waals surface area contributed by atoms with Crippen LogP contribution in [-0.4, -0.2) is 0 Å². The standard InChI is InChI=1S/C27H22P2/c1-5-14-24(15-6-1)28(25-16-7-2-8-17-25)22-13-23-29(26-18-9-3-10-19-26)27-20-11-4-12-21-27/h1-12,14-23H. The minimum Gasteiger partial charge on any atom is -0.118 e. The van der Waals surface area contributed by atoms with E-state index in [-0.39, 0.29) is 0 Å². The SMILES string of the molecule is C(=CP(c1ccccc1)c1ccccc1)=CP(c1ccccc1)c1ccccc1. The Hall–Kier alpha value is -2.74. The van der Waals surface area contributed by atoms with E-state index >= 15 is 0 Å². The normalized spacial score (nSPS) is 10.6. The van der Waals surface area contributed by atoms with E-state index in [0.29, 0.717) is 0 Å². The molecule has 0 N–H and O–H groups in total. The Bertz CT molecular complexity index is 902. The van der Waals surface area contributed by atoms with Crippen LogP contribution in [0.4, 0.5) is 0 Å². The topological polar surface area (TPSA) is 0 Å². The van der Waals surface area contributed by atoms with Gasteiger partial charge in [-0.1, -0.05) is 121 Å². The van der Waals surface area contributed by atoms with Gasteiger partial charge in [-0.2, -0.15) is 0 Å². The summed E-state index contributed by atoms with van der Waals surface area (Å²) in [6.07, 6.45) is 0. The van der Waals surface area contributed by atoms with E-state index in [9.17, 15) is 0 Å². The third-order valence-corrected chi connectivity index (χ3v) is 8.78. The Balaban J connectivity index is 1.73. The summed E-state index contributed by atoms with van der Waals surface area (Å²) in [5.74, 6) is 4.53. The molecule has 0 aliphatic heterocycles. The fourth-order valence-electron chi connectivity index (χ4n) is 3.13. The molecule has 0 aliphatic carbocycles. The number of rotatable bonds is 6. The first kappa shape index (κ1) is 19.6. The van der Waals surface area contributed by atoms with Gasteiger partial charge in [-0.05, 0) is 48.7 Å². The summed E-state index contributed by atoms with van der Waals surface area (Å²) in [7, 11) is -1.15. The third kappa shape index (κ3) is 5.20. The largest absolute Gasteiger partial charge is 0.118 e. The number of benzene rings is 4. The Kier molecular flexibility index (Phi) is 6.85. The van der Waals surface area contributed by atoms with Crippen molar-refractivity contribution in [2.45, 2.75) is 0 Å². The summed E-state index contributed by atoms with van der Waals surface area (Å²) in [4.78, 5) is 0. The monoisotopic (exact) mass is 408 g/mol. The summed E-state index contributed by atoms with van der Waals surface area (Å²) in [5, 5.41) is 5.38. The molecule has 0 amide bonds. The van der Waals surface area contributed by atoms with Crippen molar-refractivity contribution >= 4 is 37.1 Å². The predicted molar refractivity (Wildman–Crippen MR) is 131 cm³/mol. The lowest BCUT2D eigenvalue weighted by Crippen LogP contribution is -2.09. The highest BCUT2D eigenvalue weighted by Crippen LogP contribution is 2.37. The molecule has 4 aromatic rings. The van der Waals surface area contributed by atoms with Crippen molar-refractivity contribution in [3.8, 4) is 0 Å². The lowest BCUT2D eigenvalue weighted by Gasteiger charge is -2.14. The quantitative estimate of drug-likeness (QED) is 0.276. The molecule has 0 atom stereocenters. The van der Waals surface area contributed by atoms with Crippen molar-refractivity contribution in [3.63, 3.8) is 0 Å². The zero-order valence-corrected chi connectivity index (χ0v) is 17.9. The van der Waals surface area contributed by atoms with Crippen molar-refractivity contribution in [2.24, 2.45) is 0 Å². The highest BCUT2D eigenvalue weighted by molar-refractivity contribution is 7.76. The first-order chi connectivity index (χ1) is 14.4. The van der Waals surface area contributed by atoms with Gasteiger partial charge >= 0.3 is 0 Å². The van der Waals surface area contributed by atoms with E-state index in [1.807, 2.05) is 0 Å². The minimum atomic E-state index is -0.576. The molecule has 4 rings (SSSR count). The second kappa shape index (κ2) is 10.2. The Morgan fingerprint density at radius 3 is 0.862 bits per heavy atom. The molecule has 0 saturated heterocycles. The summed E-state index contributed by atoms with van der Waals surface area (Å²) in [6, 6.07) is 43.0. The van der Waals surface area contributed by atoms with Crippen LogP contribution in [0.5, 0.6) is 0 Å². The van der Waals surface area contributed by atoms with Crippen molar-refractivity contribution in [2.75, 3.05) is 0 Å². The smallest absolute Gasteiger partial charge is 0.00937 e. The predicted octanol–water partition coefficient (Wildman–Crippen LogP) is 5.88. The second-order valence-corrected chi connectivity index (χ2v) is 10.6. The van der Waals surface area contributed by atoms with E-state index in [1.165, 1.54) is 21.2 Å². The van der Waals surface area contributed by atoms with Crippen LogP contribution in [0.3, 0.4) is 0 Å². The molecule has 2 heteroatoms. The van der Waals surface area contributed by atoms with Gasteiger partial charge in [-0.15, -0.1) is 5.73 Å². The molecule has 0 bridgehead atoms. The third-order valence-electron chi connectivity index (χ3n) is 4.54. The highest BCUT2D eigenvalue weighted by Gasteiger charge is 2.11. The maximum absolute atomic E-state index is 3.59. The first-order valence-electron chi connectivity index (χ1n) is 9.63. The Morgan fingerprint density at radius 1 is 0.379 bits per heavy atom. The molecule has 29 heavy (non-hydrogen) atoms. The van der Waals surface area contributed by atoms with Gasteiger partial charge in [0.1, 0.15) is 0 Å². The molecule has 0 spiro atoms. The van der Waals surface area contributed by atoms with Crippen LogP contribution in [0.1, 0.15) is 0 Å². The van der Waals surface area contributed by atoms with Crippen LogP contribution in [0.25, 0.3) is 0 Å². The Labute approximate surface area is 175 Å². The Morgan fingerprint density at radius 2 is 0.621 bits per heavy atom. The van der Waals surface area contributed by atoms with Gasteiger partial charge in [0.2, 0.25) is 0 Å². The van der Waals surface area contributed by atoms with Crippen LogP contribution < -0.4 is 21.2 Å². The molecule has 0 fully saturated rings. The molecule has 140 valence electrons. The van der Waals surface area contributed by atoms with E-state index in [2.05, 4.69) is 139 Å². The summed E-state index contributed by atoms with van der Waals surface area (Å²) in [5.41, 5.74) is 3.59. The van der Waals surface area contributed by atoms with Crippen molar-refractivity contribution in [3.05, 3.63) is 139 Å². The van der Waals surface area contributed by atoms with Gasteiger partial charge in [0, 0.05) is 0 Å². The van der Waals surface area contributed by atoms with Crippen molar-refractivity contribution in [1.29, 1.82) is 0 Å². The second-order valence-electron chi connectivity index (χ2n) is 6.51. The van der Waals surface area contributed by atoms with Gasteiger partial charge in [-0.3, -0.25) is 0 Å². The van der Waals surface area contributed by atoms with Gasteiger partial charge in [0.05, 0.1) is 0 Å². The molecular formula is C27H22P2. The van der Waals surface area contributed by atoms with E-state index in [4.69, 9.17) is 0 Å². The van der Waals surface area contributed by atoms with Gasteiger partial charge in [0.25, 0.3) is 0 Å². The van der Waals surface area contributed by atoms with Crippen molar-refractivity contribution in [1.82, 2.24) is 0 Å². The molecular weight excluding hydrogens is 386 g/mol. The molecule has 0 heterocycles. The molecule has 0 unspecified atom stereocenters. The minimum absolute atomic E-state index is 0.576. The zero-order valence-electron chi connectivity index (χ0n) is 16.1. The number of hydrogen-bond acceptors (Lipinski definition) is 0. The maximum Gasteiger partial charge on any atom is -0.00937 e. The van der Waals surface area contributed by atoms with Crippen molar-refractivity contribution < 1.29 is 0 Å². The molecule has 0 saturated carbocycles. The maximum atomic E-state index is 3.59. The van der Waals surface area contributed by atoms with Gasteiger partial charge in [-0.25, -0.2) is 0 Å². The summed E-state index contributed by atoms with van der Waals surface area (Å²) >= 11 is 0. The summed E-state index contributed by atoms with van der Waals surface area (Å²) in [6.45, 7) is 0. The zero-order chi connectivity index (χ0) is 19.7. The fraction of sp³-hybridized carbons (Fsp3) is 0. The van der Waals surface area contributed by atoms with Crippen LogP contribution in [0.2, 0.25) is 0 Å². The van der Waals surface area contributed by atoms with E-state index in [0.717, 1.165) is 0 Å². The molecule has 4 aromatic carbocycles. The lowest BCUT2D eigenvalue weighted by molar-refractivity contribution is 1.75. The lowest BCUT2D eigenvalue weighted by atomic mass is 10.4. The first-order valence-corrected chi connectivity index (χ1v) is 12.5. The molecule has 0 aromatic heterocycles. The number of hydrogen-bond donors (Lipinski definition) is 0. The average molecular weight is 408 g/mol. The molecule has 0 nitrogen and oxygen atoms in total. The van der Waals surface area contributed by atoms with Gasteiger partial charge < -0.3 is 0 Å². The van der Waals surface area contributed by atoms with Crippen LogP contribution in [0, 0.1) is 0 Å². The van der Waals surface area contributed by atoms with Crippen LogP contribution in [-0.2, 0) is 0 Å². The molecule has 0 aliphatic rings. The fourth-order valence-corrected chi connectivity index (χ4v) is 6.86. The highest BCUT2D eigenvalue weighted by atomic mass is 31.1. The van der Waals surface area contributed by atoms with E-state index < -0.39 is 15.8 Å². The summed E-state index contributed by atoms with van der Waals surface area (Å²) < 4.78 is 0. The van der Waals surface area contributed by atoms with E-state index in [1.54, 1.807) is 0 Å². The molecule has 0 radical (unpaired) electrons. The van der Waals surface area contributed by atoms with Gasteiger partial charge in [0.15, 0.2) is 0 Å². The average Bonchev–Trinajstić information content (AvgIpc) is 2.81.